The minimum atomic E-state index is -3.00. The summed E-state index contributed by atoms with van der Waals surface area (Å²) in [7, 11) is -3.00. The highest BCUT2D eigenvalue weighted by Crippen LogP contribution is 2.34. The van der Waals surface area contributed by atoms with Crippen molar-refractivity contribution in [3.63, 3.8) is 0 Å². The Morgan fingerprint density at radius 3 is 2.79 bits per heavy atom. The molecule has 0 aromatic carbocycles. The summed E-state index contributed by atoms with van der Waals surface area (Å²) < 4.78 is 24.9. The fourth-order valence-corrected chi connectivity index (χ4v) is 5.91. The summed E-state index contributed by atoms with van der Waals surface area (Å²) in [4.78, 5) is 26.3. The van der Waals surface area contributed by atoms with E-state index in [4.69, 9.17) is 0 Å². The zero-order chi connectivity index (χ0) is 16.9. The molecule has 1 aromatic rings. The van der Waals surface area contributed by atoms with Crippen molar-refractivity contribution in [2.24, 2.45) is 5.92 Å². The normalized spacial score (nSPS) is 30.7. The third-order valence-electron chi connectivity index (χ3n) is 5.33. The number of amides is 2. The summed E-state index contributed by atoms with van der Waals surface area (Å²) in [6.07, 6.45) is 1.48. The molecule has 4 heterocycles. The van der Waals surface area contributed by atoms with E-state index in [1.807, 2.05) is 10.6 Å². The van der Waals surface area contributed by atoms with Crippen LogP contribution in [0.5, 0.6) is 0 Å². The Labute approximate surface area is 140 Å². The molecule has 7 nitrogen and oxygen atoms in total. The van der Waals surface area contributed by atoms with Gasteiger partial charge in [-0.1, -0.05) is 6.07 Å². The molecule has 3 aliphatic rings. The molecular weight excluding hydrogens is 330 g/mol. The van der Waals surface area contributed by atoms with E-state index in [1.165, 1.54) is 0 Å². The first kappa shape index (κ1) is 15.7. The van der Waals surface area contributed by atoms with Crippen molar-refractivity contribution < 1.29 is 13.2 Å². The lowest BCUT2D eigenvalue weighted by molar-refractivity contribution is 0.129. The van der Waals surface area contributed by atoms with E-state index in [2.05, 4.69) is 5.32 Å². The van der Waals surface area contributed by atoms with Gasteiger partial charge in [0.2, 0.25) is 0 Å². The molecule has 1 N–H and O–H groups in total. The predicted molar refractivity (Wildman–Crippen MR) is 88.7 cm³/mol. The molecule has 2 saturated heterocycles. The van der Waals surface area contributed by atoms with Gasteiger partial charge >= 0.3 is 6.03 Å². The molecule has 1 aromatic heterocycles. The number of hydrogen-bond donors (Lipinski definition) is 1. The molecule has 0 saturated carbocycles. The number of piperidine rings is 1. The minimum Gasteiger partial charge on any atom is -0.334 e. The second-order valence-corrected chi connectivity index (χ2v) is 9.38. The van der Waals surface area contributed by atoms with E-state index in [0.717, 1.165) is 12.1 Å². The molecule has 8 heteroatoms. The third kappa shape index (κ3) is 2.83. The number of nitrogens with zero attached hydrogens (tertiary/aromatic N) is 2. The number of nitrogens with one attached hydrogen (secondary N) is 1. The molecule has 0 spiro atoms. The van der Waals surface area contributed by atoms with Crippen LogP contribution in [0.4, 0.5) is 4.79 Å². The average Bonchev–Trinajstić information content (AvgIpc) is 2.87. The average molecular weight is 351 g/mol. The second-order valence-electron chi connectivity index (χ2n) is 7.15. The maximum absolute atomic E-state index is 12.5. The number of urea groups is 1. The van der Waals surface area contributed by atoms with Crippen molar-refractivity contribution in [3.8, 4) is 0 Å². The first-order valence-corrected chi connectivity index (χ1v) is 10.2. The Bertz CT molecular complexity index is 832. The molecule has 0 aliphatic carbocycles. The molecule has 2 bridgehead atoms. The lowest BCUT2D eigenvalue weighted by Crippen LogP contribution is -2.53. The molecule has 2 amide bonds. The van der Waals surface area contributed by atoms with E-state index >= 15 is 0 Å². The van der Waals surface area contributed by atoms with Gasteiger partial charge in [0.25, 0.3) is 5.56 Å². The van der Waals surface area contributed by atoms with Crippen molar-refractivity contribution in [1.29, 1.82) is 0 Å². The summed E-state index contributed by atoms with van der Waals surface area (Å²) in [5.41, 5.74) is 1.02. The number of carbonyl (C=O) groups is 1. The number of aromatic nitrogens is 1. The highest BCUT2D eigenvalue weighted by atomic mass is 32.2. The zero-order valence-electron chi connectivity index (χ0n) is 13.3. The standard InChI is InChI=1S/C16H21N3O4S/c20-15-3-1-2-14-12-6-11(8-19(14)15)7-18(9-12)16(21)17-13-4-5-24(22,23)10-13/h1-3,11-13H,4-10H2,(H,17,21)/t11-,12-,13?/m0/s1. The summed E-state index contributed by atoms with van der Waals surface area (Å²) in [5, 5.41) is 2.87. The first-order valence-electron chi connectivity index (χ1n) is 8.37. The molecule has 1 unspecified atom stereocenters. The summed E-state index contributed by atoms with van der Waals surface area (Å²) in [5.74, 6) is 0.635. The van der Waals surface area contributed by atoms with Crippen LogP contribution in [0.3, 0.4) is 0 Å². The lowest BCUT2D eigenvalue weighted by Gasteiger charge is -2.42. The maximum Gasteiger partial charge on any atom is 0.317 e. The molecule has 24 heavy (non-hydrogen) atoms. The van der Waals surface area contributed by atoms with E-state index in [0.29, 0.717) is 26.1 Å². The number of pyridine rings is 1. The predicted octanol–water partition coefficient (Wildman–Crippen LogP) is 0.164. The molecular formula is C16H21N3O4S. The van der Waals surface area contributed by atoms with Gasteiger partial charge in [-0.2, -0.15) is 0 Å². The number of likely N-dealkylation sites (tertiary alicyclic amines) is 1. The van der Waals surface area contributed by atoms with Gasteiger partial charge in [0.1, 0.15) is 0 Å². The van der Waals surface area contributed by atoms with E-state index in [9.17, 15) is 18.0 Å². The molecule has 130 valence electrons. The molecule has 3 aliphatic heterocycles. The highest BCUT2D eigenvalue weighted by molar-refractivity contribution is 7.91. The summed E-state index contributed by atoms with van der Waals surface area (Å²) in [6.45, 7) is 1.83. The topological polar surface area (TPSA) is 88.5 Å². The van der Waals surface area contributed by atoms with Gasteiger partial charge < -0.3 is 14.8 Å². The van der Waals surface area contributed by atoms with Crippen molar-refractivity contribution in [2.75, 3.05) is 24.6 Å². The summed E-state index contributed by atoms with van der Waals surface area (Å²) in [6, 6.07) is 4.86. The highest BCUT2D eigenvalue weighted by Gasteiger charge is 2.37. The maximum atomic E-state index is 12.5. The van der Waals surface area contributed by atoms with Gasteiger partial charge in [0, 0.05) is 43.4 Å². The van der Waals surface area contributed by atoms with Crippen molar-refractivity contribution >= 4 is 15.9 Å². The lowest BCUT2D eigenvalue weighted by atomic mass is 9.83. The van der Waals surface area contributed by atoms with Gasteiger partial charge in [-0.3, -0.25) is 4.79 Å². The molecule has 4 rings (SSSR count). The Morgan fingerprint density at radius 2 is 2.04 bits per heavy atom. The fraction of sp³-hybridized carbons (Fsp3) is 0.625. The van der Waals surface area contributed by atoms with Crippen molar-refractivity contribution in [3.05, 3.63) is 34.2 Å². The quantitative estimate of drug-likeness (QED) is 0.781. The van der Waals surface area contributed by atoms with Gasteiger partial charge in [0.15, 0.2) is 9.84 Å². The van der Waals surface area contributed by atoms with E-state index in [-0.39, 0.29) is 41.0 Å². The fourth-order valence-electron chi connectivity index (χ4n) is 4.24. The SMILES string of the molecule is O=C(NC1CCS(=O)(=O)C1)N1C[C@@H]2C[C@@H](C1)c1cccc(=O)n1C2. The first-order chi connectivity index (χ1) is 11.4. The van der Waals surface area contributed by atoms with Crippen LogP contribution in [0.1, 0.15) is 24.5 Å². The Balaban J connectivity index is 1.48. The molecule has 0 radical (unpaired) electrons. The zero-order valence-corrected chi connectivity index (χ0v) is 14.2. The second kappa shape index (κ2) is 5.61. The number of carbonyl (C=O) groups excluding carboxylic acids is 1. The van der Waals surface area contributed by atoms with Gasteiger partial charge in [-0.25, -0.2) is 13.2 Å². The largest absolute Gasteiger partial charge is 0.334 e. The molecule has 2 fully saturated rings. The van der Waals surface area contributed by atoms with Gasteiger partial charge in [-0.15, -0.1) is 0 Å². The van der Waals surface area contributed by atoms with Gasteiger partial charge in [-0.05, 0) is 24.8 Å². The van der Waals surface area contributed by atoms with Crippen LogP contribution in [-0.4, -0.2) is 54.6 Å². The monoisotopic (exact) mass is 351 g/mol. The Morgan fingerprint density at radius 1 is 1.21 bits per heavy atom. The Hall–Kier alpha value is -1.83. The van der Waals surface area contributed by atoms with Crippen molar-refractivity contribution in [1.82, 2.24) is 14.8 Å². The van der Waals surface area contributed by atoms with Crippen LogP contribution < -0.4 is 10.9 Å². The van der Waals surface area contributed by atoms with Crippen LogP contribution in [0.15, 0.2) is 23.0 Å². The minimum absolute atomic E-state index is 0.0243. The van der Waals surface area contributed by atoms with Crippen molar-refractivity contribution in [2.45, 2.75) is 31.3 Å². The summed E-state index contributed by atoms with van der Waals surface area (Å²) >= 11 is 0. The van der Waals surface area contributed by atoms with Crippen LogP contribution in [0, 0.1) is 5.92 Å². The Kier molecular flexibility index (Phi) is 3.67. The van der Waals surface area contributed by atoms with Crippen LogP contribution >= 0.6 is 0 Å². The van der Waals surface area contributed by atoms with Crippen LogP contribution in [0.25, 0.3) is 0 Å². The number of sulfone groups is 1. The number of hydrogen-bond acceptors (Lipinski definition) is 4. The third-order valence-corrected chi connectivity index (χ3v) is 7.09. The number of rotatable bonds is 1. The smallest absolute Gasteiger partial charge is 0.317 e. The van der Waals surface area contributed by atoms with Gasteiger partial charge in [0.05, 0.1) is 11.5 Å². The number of fused-ring (bicyclic) bond motifs is 4. The molecule has 3 atom stereocenters. The van der Waals surface area contributed by atoms with Crippen LogP contribution in [-0.2, 0) is 16.4 Å². The van der Waals surface area contributed by atoms with E-state index < -0.39 is 9.84 Å². The van der Waals surface area contributed by atoms with E-state index in [1.54, 1.807) is 17.0 Å². The van der Waals surface area contributed by atoms with Crippen LogP contribution in [0.2, 0.25) is 0 Å².